The number of hydrogen-bond acceptors (Lipinski definition) is 4. The Morgan fingerprint density at radius 3 is 2.71 bits per heavy atom. The smallest absolute Gasteiger partial charge is 0.238 e. The fourth-order valence-electron chi connectivity index (χ4n) is 1.51. The van der Waals surface area contributed by atoms with Crippen LogP contribution in [-0.2, 0) is 10.0 Å². The summed E-state index contributed by atoms with van der Waals surface area (Å²) in [4.78, 5) is 8.06. The summed E-state index contributed by atoms with van der Waals surface area (Å²) in [7, 11) is -3.69. The molecule has 0 fully saturated rings. The number of aryl methyl sites for hydroxylation is 1. The summed E-state index contributed by atoms with van der Waals surface area (Å²) in [5, 5.41) is 5.08. The highest BCUT2D eigenvalue weighted by Gasteiger charge is 2.10. The van der Waals surface area contributed by atoms with Crippen LogP contribution in [0, 0.1) is 6.92 Å². The number of aromatic nitrogens is 2. The van der Waals surface area contributed by atoms with Crippen LogP contribution in [0.5, 0.6) is 0 Å². The molecule has 0 aliphatic rings. The maximum absolute atomic E-state index is 11.2. The van der Waals surface area contributed by atoms with Crippen molar-refractivity contribution in [3.63, 3.8) is 0 Å². The molecule has 0 saturated heterocycles. The molecule has 2 rings (SSSR count). The van der Waals surface area contributed by atoms with Crippen LogP contribution in [0.2, 0.25) is 0 Å². The standard InChI is InChI=1S/C11H11N3O2S/c1-8-11(6-13-7-14-8)9-3-2-4-10(5-9)17(12,15)16/h2-7H,1H3,(H2,12,15,16). The first-order valence-electron chi connectivity index (χ1n) is 4.88. The Bertz CT molecular complexity index is 653. The predicted octanol–water partition coefficient (Wildman–Crippen LogP) is 1.10. The molecule has 0 saturated carbocycles. The molecule has 2 aromatic rings. The van der Waals surface area contributed by atoms with Gasteiger partial charge in [0.1, 0.15) is 6.33 Å². The van der Waals surface area contributed by atoms with Crippen molar-refractivity contribution >= 4 is 10.0 Å². The van der Waals surface area contributed by atoms with Gasteiger partial charge in [-0.25, -0.2) is 23.5 Å². The second kappa shape index (κ2) is 4.23. The van der Waals surface area contributed by atoms with Gasteiger partial charge in [-0.3, -0.25) is 0 Å². The zero-order valence-corrected chi connectivity index (χ0v) is 9.98. The van der Waals surface area contributed by atoms with Gasteiger partial charge in [0.25, 0.3) is 0 Å². The molecule has 88 valence electrons. The molecule has 0 spiro atoms. The Morgan fingerprint density at radius 1 is 1.29 bits per heavy atom. The van der Waals surface area contributed by atoms with Crippen molar-refractivity contribution in [2.24, 2.45) is 5.14 Å². The highest BCUT2D eigenvalue weighted by molar-refractivity contribution is 7.89. The molecule has 0 radical (unpaired) electrons. The third kappa shape index (κ3) is 2.48. The molecule has 0 aliphatic carbocycles. The van der Waals surface area contributed by atoms with Crippen molar-refractivity contribution in [2.75, 3.05) is 0 Å². The third-order valence-electron chi connectivity index (χ3n) is 2.39. The normalized spacial score (nSPS) is 11.4. The van der Waals surface area contributed by atoms with E-state index < -0.39 is 10.0 Å². The molecule has 1 aromatic heterocycles. The van der Waals surface area contributed by atoms with Gasteiger partial charge >= 0.3 is 0 Å². The van der Waals surface area contributed by atoms with Crippen molar-refractivity contribution in [1.29, 1.82) is 0 Å². The molecule has 5 nitrogen and oxygen atoms in total. The second-order valence-electron chi connectivity index (χ2n) is 3.59. The number of benzene rings is 1. The number of nitrogens with zero attached hydrogens (tertiary/aromatic N) is 2. The summed E-state index contributed by atoms with van der Waals surface area (Å²) in [6.45, 7) is 1.83. The molecule has 2 N–H and O–H groups in total. The van der Waals surface area contributed by atoms with Crippen LogP contribution < -0.4 is 5.14 Å². The topological polar surface area (TPSA) is 85.9 Å². The van der Waals surface area contributed by atoms with Gasteiger partial charge in [-0.05, 0) is 24.6 Å². The molecule has 17 heavy (non-hydrogen) atoms. The summed E-state index contributed by atoms with van der Waals surface area (Å²) >= 11 is 0. The third-order valence-corrected chi connectivity index (χ3v) is 3.30. The minimum absolute atomic E-state index is 0.0817. The van der Waals surface area contributed by atoms with Gasteiger partial charge in [-0.15, -0.1) is 0 Å². The summed E-state index contributed by atoms with van der Waals surface area (Å²) in [5.74, 6) is 0. The lowest BCUT2D eigenvalue weighted by Crippen LogP contribution is -2.12. The van der Waals surface area contributed by atoms with Crippen molar-refractivity contribution < 1.29 is 8.42 Å². The Balaban J connectivity index is 2.59. The molecule has 1 aromatic carbocycles. The van der Waals surface area contributed by atoms with E-state index >= 15 is 0 Å². The van der Waals surface area contributed by atoms with Gasteiger partial charge in [0.05, 0.1) is 4.90 Å². The molecule has 6 heteroatoms. The summed E-state index contributed by atoms with van der Waals surface area (Å²) in [6.07, 6.45) is 3.09. The van der Waals surface area contributed by atoms with Crippen LogP contribution in [0.3, 0.4) is 0 Å². The number of primary sulfonamides is 1. The molecule has 1 heterocycles. The Hall–Kier alpha value is -1.79. The minimum Gasteiger partial charge on any atom is -0.244 e. The van der Waals surface area contributed by atoms with Gasteiger partial charge in [-0.2, -0.15) is 0 Å². The fraction of sp³-hybridized carbons (Fsp3) is 0.0909. The average Bonchev–Trinajstić information content (AvgIpc) is 2.29. The fourth-order valence-corrected chi connectivity index (χ4v) is 2.07. The quantitative estimate of drug-likeness (QED) is 0.863. The number of sulfonamides is 1. The molecular formula is C11H11N3O2S. The van der Waals surface area contributed by atoms with Crippen LogP contribution in [0.15, 0.2) is 41.7 Å². The molecule has 0 bridgehead atoms. The van der Waals surface area contributed by atoms with E-state index in [0.717, 1.165) is 16.8 Å². The van der Waals surface area contributed by atoms with Crippen molar-refractivity contribution in [3.8, 4) is 11.1 Å². The van der Waals surface area contributed by atoms with Crippen molar-refractivity contribution in [2.45, 2.75) is 11.8 Å². The van der Waals surface area contributed by atoms with E-state index in [1.54, 1.807) is 18.3 Å². The summed E-state index contributed by atoms with van der Waals surface area (Å²) in [6, 6.07) is 6.40. The van der Waals surface area contributed by atoms with E-state index in [-0.39, 0.29) is 4.90 Å². The Labute approximate surface area is 99.4 Å². The lowest BCUT2D eigenvalue weighted by atomic mass is 10.1. The van der Waals surface area contributed by atoms with E-state index in [1.807, 2.05) is 6.92 Å². The minimum atomic E-state index is -3.69. The van der Waals surface area contributed by atoms with Gasteiger partial charge in [0.15, 0.2) is 0 Å². The summed E-state index contributed by atoms with van der Waals surface area (Å²) < 4.78 is 22.5. The lowest BCUT2D eigenvalue weighted by Gasteiger charge is -2.05. The first kappa shape index (κ1) is 11.7. The van der Waals surface area contributed by atoms with Gasteiger partial charge in [0.2, 0.25) is 10.0 Å². The Kier molecular flexibility index (Phi) is 2.91. The van der Waals surface area contributed by atoms with E-state index in [4.69, 9.17) is 5.14 Å². The summed E-state index contributed by atoms with van der Waals surface area (Å²) in [5.41, 5.74) is 2.30. The highest BCUT2D eigenvalue weighted by atomic mass is 32.2. The van der Waals surface area contributed by atoms with E-state index in [0.29, 0.717) is 0 Å². The van der Waals surface area contributed by atoms with Crippen LogP contribution in [0.1, 0.15) is 5.69 Å². The zero-order valence-electron chi connectivity index (χ0n) is 9.16. The van der Waals surface area contributed by atoms with E-state index in [1.165, 1.54) is 18.5 Å². The predicted molar refractivity (Wildman–Crippen MR) is 63.6 cm³/mol. The molecule has 0 unspecified atom stereocenters. The first-order valence-corrected chi connectivity index (χ1v) is 6.43. The SMILES string of the molecule is Cc1ncncc1-c1cccc(S(N)(=O)=O)c1. The molecule has 0 amide bonds. The Morgan fingerprint density at radius 2 is 2.06 bits per heavy atom. The maximum Gasteiger partial charge on any atom is 0.238 e. The maximum atomic E-state index is 11.2. The van der Waals surface area contributed by atoms with Crippen molar-refractivity contribution in [3.05, 3.63) is 42.5 Å². The average molecular weight is 249 g/mol. The van der Waals surface area contributed by atoms with Gasteiger partial charge < -0.3 is 0 Å². The van der Waals surface area contributed by atoms with Crippen LogP contribution in [-0.4, -0.2) is 18.4 Å². The lowest BCUT2D eigenvalue weighted by molar-refractivity contribution is 0.598. The van der Waals surface area contributed by atoms with Gasteiger partial charge in [-0.1, -0.05) is 12.1 Å². The van der Waals surface area contributed by atoms with Gasteiger partial charge in [0, 0.05) is 17.5 Å². The monoisotopic (exact) mass is 249 g/mol. The largest absolute Gasteiger partial charge is 0.244 e. The van der Waals surface area contributed by atoms with Crippen LogP contribution in [0.4, 0.5) is 0 Å². The first-order chi connectivity index (χ1) is 7.98. The number of hydrogen-bond donors (Lipinski definition) is 1. The van der Waals surface area contributed by atoms with Crippen molar-refractivity contribution in [1.82, 2.24) is 9.97 Å². The molecule has 0 atom stereocenters. The van der Waals surface area contributed by atoms with Crippen LogP contribution >= 0.6 is 0 Å². The van der Waals surface area contributed by atoms with E-state index in [9.17, 15) is 8.42 Å². The highest BCUT2D eigenvalue weighted by Crippen LogP contribution is 2.22. The zero-order chi connectivity index (χ0) is 12.5. The molecular weight excluding hydrogens is 238 g/mol. The number of rotatable bonds is 2. The molecule has 0 aliphatic heterocycles. The number of nitrogens with two attached hydrogens (primary N) is 1. The van der Waals surface area contributed by atoms with Crippen LogP contribution in [0.25, 0.3) is 11.1 Å². The van der Waals surface area contributed by atoms with E-state index in [2.05, 4.69) is 9.97 Å². The second-order valence-corrected chi connectivity index (χ2v) is 5.16.